The molecule has 2 saturated heterocycles. The normalized spacial score (nSPS) is 20.3. The van der Waals surface area contributed by atoms with Crippen LogP contribution in [0.5, 0.6) is 0 Å². The quantitative estimate of drug-likeness (QED) is 0.840. The zero-order valence-corrected chi connectivity index (χ0v) is 13.2. The second-order valence-electron chi connectivity index (χ2n) is 5.60. The third-order valence-electron chi connectivity index (χ3n) is 4.09. The molecule has 0 unspecified atom stereocenters. The first-order valence-electron chi connectivity index (χ1n) is 7.56. The minimum atomic E-state index is -3.44. The molecule has 2 aliphatic heterocycles. The van der Waals surface area contributed by atoms with Crippen LogP contribution in [0.4, 0.5) is 0 Å². The van der Waals surface area contributed by atoms with Crippen LogP contribution >= 0.6 is 0 Å². The number of hydrogen-bond donors (Lipinski definition) is 0. The van der Waals surface area contributed by atoms with Gasteiger partial charge in [-0.2, -0.15) is 4.31 Å². The van der Waals surface area contributed by atoms with Gasteiger partial charge in [0.15, 0.2) is 0 Å². The molecule has 0 spiro atoms. The van der Waals surface area contributed by atoms with Gasteiger partial charge in [-0.05, 0) is 37.1 Å². The van der Waals surface area contributed by atoms with Crippen molar-refractivity contribution in [2.75, 3.05) is 33.0 Å². The van der Waals surface area contributed by atoms with Crippen LogP contribution < -0.4 is 0 Å². The van der Waals surface area contributed by atoms with Crippen LogP contribution in [0.3, 0.4) is 0 Å². The number of benzene rings is 1. The van der Waals surface area contributed by atoms with Gasteiger partial charge >= 0.3 is 0 Å². The van der Waals surface area contributed by atoms with Crippen LogP contribution in [0.1, 0.15) is 29.6 Å². The molecule has 6 nitrogen and oxygen atoms in total. The first-order valence-corrected chi connectivity index (χ1v) is 9.00. The lowest BCUT2D eigenvalue weighted by Crippen LogP contribution is -2.35. The number of rotatable bonds is 3. The van der Waals surface area contributed by atoms with E-state index in [2.05, 4.69) is 0 Å². The molecule has 2 heterocycles. The molecule has 0 N–H and O–H groups in total. The minimum Gasteiger partial charge on any atom is -0.359 e. The molecule has 2 aliphatic rings. The highest BCUT2D eigenvalue weighted by molar-refractivity contribution is 7.89. The lowest BCUT2D eigenvalue weighted by molar-refractivity contribution is 0.0695. The van der Waals surface area contributed by atoms with Gasteiger partial charge in [0, 0.05) is 25.2 Å². The zero-order valence-electron chi connectivity index (χ0n) is 12.4. The van der Waals surface area contributed by atoms with E-state index in [1.165, 1.54) is 16.4 Å². The summed E-state index contributed by atoms with van der Waals surface area (Å²) in [5.74, 6) is -0.126. The van der Waals surface area contributed by atoms with Crippen molar-refractivity contribution in [3.05, 3.63) is 29.8 Å². The molecule has 22 heavy (non-hydrogen) atoms. The Balaban J connectivity index is 1.77. The van der Waals surface area contributed by atoms with Crippen LogP contribution in [0.2, 0.25) is 0 Å². The number of carbonyl (C=O) groups excluding carboxylic acids is 1. The van der Waals surface area contributed by atoms with Crippen molar-refractivity contribution < 1.29 is 17.9 Å². The lowest BCUT2D eigenvalue weighted by Gasteiger charge is -2.25. The Kier molecular flexibility index (Phi) is 4.46. The number of sulfonamides is 1. The molecule has 7 heteroatoms. The Bertz CT molecular complexity index is 630. The van der Waals surface area contributed by atoms with Crippen molar-refractivity contribution in [2.45, 2.75) is 24.2 Å². The van der Waals surface area contributed by atoms with E-state index in [1.54, 1.807) is 17.0 Å². The summed E-state index contributed by atoms with van der Waals surface area (Å²) in [6.07, 6.45) is 2.90. The summed E-state index contributed by atoms with van der Waals surface area (Å²) in [7, 11) is -3.44. The first-order chi connectivity index (χ1) is 10.6. The maximum atomic E-state index is 12.5. The summed E-state index contributed by atoms with van der Waals surface area (Å²) < 4.78 is 31.8. The molecular weight excluding hydrogens is 304 g/mol. The Hall–Kier alpha value is -1.44. The second-order valence-corrected chi connectivity index (χ2v) is 7.53. The van der Waals surface area contributed by atoms with Crippen LogP contribution in [0.15, 0.2) is 29.2 Å². The minimum absolute atomic E-state index is 0.126. The molecule has 0 bridgehead atoms. The molecule has 120 valence electrons. The van der Waals surface area contributed by atoms with Gasteiger partial charge in [0.05, 0.1) is 11.5 Å². The summed E-state index contributed by atoms with van der Waals surface area (Å²) in [6, 6.07) is 6.21. The molecule has 1 aromatic rings. The fraction of sp³-hybridized carbons (Fsp3) is 0.533. The molecule has 0 aliphatic carbocycles. The number of carbonyl (C=O) groups is 1. The van der Waals surface area contributed by atoms with E-state index < -0.39 is 10.0 Å². The number of piperidine rings is 1. The van der Waals surface area contributed by atoms with Crippen molar-refractivity contribution in [2.24, 2.45) is 0 Å². The lowest BCUT2D eigenvalue weighted by atomic mass is 10.2. The van der Waals surface area contributed by atoms with Crippen LogP contribution in [0.25, 0.3) is 0 Å². The number of hydrogen-bond acceptors (Lipinski definition) is 4. The second kappa shape index (κ2) is 6.36. The van der Waals surface area contributed by atoms with Gasteiger partial charge in [-0.1, -0.05) is 6.42 Å². The third-order valence-corrected chi connectivity index (χ3v) is 6.01. The smallest absolute Gasteiger partial charge is 0.255 e. The molecule has 0 radical (unpaired) electrons. The van der Waals surface area contributed by atoms with Crippen molar-refractivity contribution in [3.63, 3.8) is 0 Å². The summed E-state index contributed by atoms with van der Waals surface area (Å²) in [5, 5.41) is 0. The van der Waals surface area contributed by atoms with Gasteiger partial charge in [0.25, 0.3) is 5.91 Å². The highest BCUT2D eigenvalue weighted by Gasteiger charge is 2.26. The predicted octanol–water partition coefficient (Wildman–Crippen LogP) is 1.29. The van der Waals surface area contributed by atoms with E-state index >= 15 is 0 Å². The summed E-state index contributed by atoms with van der Waals surface area (Å²) in [5.41, 5.74) is 0.489. The van der Waals surface area contributed by atoms with Gasteiger partial charge in [0.2, 0.25) is 10.0 Å². The van der Waals surface area contributed by atoms with E-state index in [-0.39, 0.29) is 10.8 Å². The molecule has 0 atom stereocenters. The average molecular weight is 324 g/mol. The SMILES string of the molecule is O=C(c1ccc(S(=O)(=O)N2CCCCC2)cc1)N1CCOC1. The summed E-state index contributed by atoms with van der Waals surface area (Å²) in [6.45, 7) is 2.58. The highest BCUT2D eigenvalue weighted by Crippen LogP contribution is 2.21. The van der Waals surface area contributed by atoms with Crippen molar-refractivity contribution in [1.29, 1.82) is 0 Å². The topological polar surface area (TPSA) is 66.9 Å². The molecule has 2 fully saturated rings. The van der Waals surface area contributed by atoms with E-state index in [0.29, 0.717) is 38.5 Å². The Morgan fingerprint density at radius 3 is 2.27 bits per heavy atom. The van der Waals surface area contributed by atoms with Gasteiger partial charge in [0.1, 0.15) is 6.73 Å². The molecule has 3 rings (SSSR count). The van der Waals surface area contributed by atoms with Gasteiger partial charge in [-0.3, -0.25) is 4.79 Å². The maximum absolute atomic E-state index is 12.5. The molecule has 0 aromatic heterocycles. The van der Waals surface area contributed by atoms with Crippen molar-refractivity contribution in [3.8, 4) is 0 Å². The summed E-state index contributed by atoms with van der Waals surface area (Å²) in [4.78, 5) is 14.1. The van der Waals surface area contributed by atoms with Crippen LogP contribution in [0, 0.1) is 0 Å². The van der Waals surface area contributed by atoms with Crippen molar-refractivity contribution >= 4 is 15.9 Å². The third kappa shape index (κ3) is 3.02. The Labute approximate surface area is 130 Å². The van der Waals surface area contributed by atoms with Gasteiger partial charge in [-0.25, -0.2) is 8.42 Å². The fourth-order valence-corrected chi connectivity index (χ4v) is 4.30. The molecule has 1 amide bonds. The highest BCUT2D eigenvalue weighted by atomic mass is 32.2. The van der Waals surface area contributed by atoms with E-state index in [9.17, 15) is 13.2 Å². The van der Waals surface area contributed by atoms with E-state index in [4.69, 9.17) is 4.74 Å². The van der Waals surface area contributed by atoms with E-state index in [0.717, 1.165) is 19.3 Å². The standard InChI is InChI=1S/C15H20N2O4S/c18-15(16-10-11-21-12-16)13-4-6-14(7-5-13)22(19,20)17-8-2-1-3-9-17/h4-7H,1-3,8-12H2. The van der Waals surface area contributed by atoms with Gasteiger partial charge < -0.3 is 9.64 Å². The Morgan fingerprint density at radius 2 is 1.68 bits per heavy atom. The van der Waals surface area contributed by atoms with Crippen molar-refractivity contribution in [1.82, 2.24) is 9.21 Å². The first kappa shape index (κ1) is 15.5. The van der Waals surface area contributed by atoms with Crippen LogP contribution in [-0.4, -0.2) is 56.5 Å². The molecule has 1 aromatic carbocycles. The Morgan fingerprint density at radius 1 is 1.00 bits per heavy atom. The van der Waals surface area contributed by atoms with Gasteiger partial charge in [-0.15, -0.1) is 0 Å². The number of ether oxygens (including phenoxy) is 1. The monoisotopic (exact) mass is 324 g/mol. The number of amides is 1. The van der Waals surface area contributed by atoms with E-state index in [1.807, 2.05) is 0 Å². The zero-order chi connectivity index (χ0) is 15.6. The largest absolute Gasteiger partial charge is 0.359 e. The average Bonchev–Trinajstić information content (AvgIpc) is 3.09. The predicted molar refractivity (Wildman–Crippen MR) is 80.9 cm³/mol. The molecule has 0 saturated carbocycles. The summed E-state index contributed by atoms with van der Waals surface area (Å²) >= 11 is 0. The molecular formula is C15H20N2O4S. The maximum Gasteiger partial charge on any atom is 0.255 e. The number of nitrogens with zero attached hydrogens (tertiary/aromatic N) is 2. The fourth-order valence-electron chi connectivity index (χ4n) is 2.78. The van der Waals surface area contributed by atoms with Crippen LogP contribution in [-0.2, 0) is 14.8 Å².